The molecular formula is C58H74N8O8. The van der Waals surface area contributed by atoms with Gasteiger partial charge in [-0.15, -0.1) is 0 Å². The van der Waals surface area contributed by atoms with Crippen LogP contribution in [0.2, 0.25) is 0 Å². The highest BCUT2D eigenvalue weighted by atomic mass is 16.5. The lowest BCUT2D eigenvalue weighted by Gasteiger charge is -2.41. The van der Waals surface area contributed by atoms with Crippen molar-refractivity contribution in [1.29, 1.82) is 0 Å². The maximum absolute atomic E-state index is 14.9. The van der Waals surface area contributed by atoms with E-state index in [1.165, 1.54) is 9.91 Å². The third kappa shape index (κ3) is 10.8. The van der Waals surface area contributed by atoms with Crippen LogP contribution < -0.4 is 15.6 Å². The van der Waals surface area contributed by atoms with Crippen LogP contribution in [-0.4, -0.2) is 145 Å². The monoisotopic (exact) mass is 1010 g/mol. The van der Waals surface area contributed by atoms with Crippen LogP contribution in [0, 0.1) is 11.3 Å². The SMILES string of the molecule is CCn1c(-c2cc(N3CCN(C)CC3)cnc2[C@H](C)OC)c2c3cc(ccc31)-c1cc(O)cc(c1)C[C@H](NC(=O)[C@H](C(C)C)N(C)C(=O)[C@@H]1OC[C@@H]1c1ccccc1)C(=O)N1CCC[C@H](N1)C(=O)OCC(C)(C)C2. The fourth-order valence-corrected chi connectivity index (χ4v) is 11.4. The summed E-state index contributed by atoms with van der Waals surface area (Å²) < 4.78 is 20.4. The first kappa shape index (κ1) is 52.5. The molecule has 3 aromatic carbocycles. The summed E-state index contributed by atoms with van der Waals surface area (Å²) in [7, 11) is 5.46. The normalized spacial score (nSPS) is 22.4. The third-order valence-electron chi connectivity index (χ3n) is 15.6. The predicted octanol–water partition coefficient (Wildman–Crippen LogP) is 6.87. The zero-order valence-electron chi connectivity index (χ0n) is 44.5. The van der Waals surface area contributed by atoms with Crippen molar-refractivity contribution in [3.8, 4) is 28.1 Å². The Bertz CT molecular complexity index is 2880. The molecule has 0 aliphatic carbocycles. The number of ether oxygens (including phenoxy) is 3. The van der Waals surface area contributed by atoms with Crippen LogP contribution in [-0.2, 0) is 52.8 Å². The van der Waals surface area contributed by atoms with Crippen molar-refractivity contribution in [2.75, 3.05) is 72.0 Å². The van der Waals surface area contributed by atoms with Gasteiger partial charge < -0.3 is 43.9 Å². The van der Waals surface area contributed by atoms with Crippen molar-refractivity contribution in [3.63, 3.8) is 0 Å². The fraction of sp³-hybridized carbons (Fsp3) is 0.500. The van der Waals surface area contributed by atoms with E-state index in [0.29, 0.717) is 38.0 Å². The molecule has 0 saturated carbocycles. The molecule has 0 spiro atoms. The topological polar surface area (TPSA) is 171 Å². The first-order valence-corrected chi connectivity index (χ1v) is 26.4. The number of carbonyl (C=O) groups is 4. The summed E-state index contributed by atoms with van der Waals surface area (Å²) in [5.74, 6) is -2.26. The van der Waals surface area contributed by atoms with E-state index in [4.69, 9.17) is 19.2 Å². The van der Waals surface area contributed by atoms with E-state index in [0.717, 1.165) is 82.0 Å². The van der Waals surface area contributed by atoms with Crippen LogP contribution in [0.15, 0.2) is 79.0 Å². The van der Waals surface area contributed by atoms with E-state index in [9.17, 15) is 24.3 Å². The fourth-order valence-electron chi connectivity index (χ4n) is 11.4. The number of hydrogen-bond donors (Lipinski definition) is 3. The van der Waals surface area contributed by atoms with Gasteiger partial charge in [0.25, 0.3) is 11.8 Å². The number of anilines is 1. The second-order valence-electron chi connectivity index (χ2n) is 21.9. The molecule has 3 fully saturated rings. The number of piperazine rings is 1. The molecule has 2 aromatic heterocycles. The lowest BCUT2D eigenvalue weighted by molar-refractivity contribution is -0.165. The number of aromatic hydroxyl groups is 1. The quantitative estimate of drug-likeness (QED) is 0.118. The van der Waals surface area contributed by atoms with Crippen molar-refractivity contribution in [1.82, 2.24) is 35.1 Å². The maximum Gasteiger partial charge on any atom is 0.324 e. The second-order valence-corrected chi connectivity index (χ2v) is 21.9. The van der Waals surface area contributed by atoms with E-state index < -0.39 is 47.4 Å². The molecule has 6 bridgehead atoms. The van der Waals surface area contributed by atoms with E-state index in [-0.39, 0.29) is 49.2 Å². The van der Waals surface area contributed by atoms with E-state index in [1.54, 1.807) is 26.3 Å². The van der Waals surface area contributed by atoms with Gasteiger partial charge in [-0.25, -0.2) is 5.43 Å². The highest BCUT2D eigenvalue weighted by Gasteiger charge is 2.44. The number of fused-ring (bicyclic) bond motifs is 6. The van der Waals surface area contributed by atoms with Crippen molar-refractivity contribution >= 4 is 40.3 Å². The molecule has 16 heteroatoms. The Balaban J connectivity index is 1.12. The minimum atomic E-state index is -1.16. The third-order valence-corrected chi connectivity index (χ3v) is 15.6. The Morgan fingerprint density at radius 3 is 2.43 bits per heavy atom. The maximum atomic E-state index is 14.9. The van der Waals surface area contributed by atoms with Gasteiger partial charge in [-0.05, 0) is 104 Å². The van der Waals surface area contributed by atoms with Crippen LogP contribution >= 0.6 is 0 Å². The number of hydrazine groups is 1. The van der Waals surface area contributed by atoms with Crippen LogP contribution in [0.25, 0.3) is 33.3 Å². The van der Waals surface area contributed by atoms with E-state index >= 15 is 0 Å². The number of likely N-dealkylation sites (N-methyl/N-ethyl adjacent to an activating group) is 2. The molecule has 3 amide bonds. The number of benzene rings is 3. The number of nitrogens with one attached hydrogen (secondary N) is 2. The number of phenols is 1. The highest BCUT2D eigenvalue weighted by Crippen LogP contribution is 2.43. The average molecular weight is 1010 g/mol. The van der Waals surface area contributed by atoms with Crippen molar-refractivity contribution in [3.05, 3.63) is 101 Å². The second kappa shape index (κ2) is 21.9. The standard InChI is InChI=1S/C58H74N8O8/c1-10-65-49-19-18-39-29-43(49)45(52(65)44-30-41(32-59-50(44)36(4)72-9)64-23-21-62(7)22-24-64)31-58(5,6)34-74-57(71)47-17-14-20-66(61-47)55(69)48(27-37-25-40(39)28-42(67)26-37)60-54(68)51(35(2)3)63(8)56(70)53-46(33-73-53)38-15-12-11-13-16-38/h11-13,15-16,18-19,25-26,28-30,32,35-36,46-48,51,53,61,67H,10,14,17,20-24,27,31,33-34H2,1-9H3,(H,60,68)/t36-,46+,47-,48-,51-,53+/m0/s1. The van der Waals surface area contributed by atoms with E-state index in [1.807, 2.05) is 63.4 Å². The molecule has 16 nitrogen and oxygen atoms in total. The number of amides is 3. The lowest BCUT2D eigenvalue weighted by Crippen LogP contribution is -2.62. The number of hydrogen-bond acceptors (Lipinski definition) is 12. The van der Waals surface area contributed by atoms with Gasteiger partial charge in [0.15, 0.2) is 0 Å². The van der Waals surface area contributed by atoms with Crippen LogP contribution in [0.5, 0.6) is 5.75 Å². The molecule has 74 heavy (non-hydrogen) atoms. The van der Waals surface area contributed by atoms with Crippen molar-refractivity contribution < 1.29 is 38.5 Å². The number of nitrogens with zero attached hydrogens (tertiary/aromatic N) is 6. The van der Waals surface area contributed by atoms with Gasteiger partial charge >= 0.3 is 5.97 Å². The number of methoxy groups -OCH3 is 1. The summed E-state index contributed by atoms with van der Waals surface area (Å²) in [6, 6.07) is 20.7. The molecule has 9 rings (SSSR count). The summed E-state index contributed by atoms with van der Waals surface area (Å²) in [6.45, 7) is 17.2. The number of aromatic nitrogens is 2. The molecular weight excluding hydrogens is 937 g/mol. The highest BCUT2D eigenvalue weighted by molar-refractivity contribution is 5.96. The molecule has 394 valence electrons. The number of esters is 1. The first-order chi connectivity index (χ1) is 35.4. The Hall–Kier alpha value is -6.33. The molecule has 5 aromatic rings. The number of cyclic esters (lactones) is 1. The Morgan fingerprint density at radius 2 is 1.74 bits per heavy atom. The summed E-state index contributed by atoms with van der Waals surface area (Å²) in [6.07, 6.45) is 2.39. The smallest absolute Gasteiger partial charge is 0.324 e. The van der Waals surface area contributed by atoms with Crippen LogP contribution in [0.1, 0.15) is 88.8 Å². The number of phenolic OH excluding ortho intramolecular Hbond substituents is 1. The van der Waals surface area contributed by atoms with E-state index in [2.05, 4.69) is 77.2 Å². The van der Waals surface area contributed by atoms with Gasteiger partial charge in [0.1, 0.15) is 30.0 Å². The zero-order valence-corrected chi connectivity index (χ0v) is 44.5. The zero-order chi connectivity index (χ0) is 52.6. The molecule has 4 aliphatic rings. The van der Waals surface area contributed by atoms with Gasteiger partial charge in [0.05, 0.1) is 42.6 Å². The molecule has 0 unspecified atom stereocenters. The molecule has 3 N–H and O–H groups in total. The molecule has 0 radical (unpaired) electrons. The number of carbonyl (C=O) groups excluding carboxylic acids is 4. The molecule has 3 saturated heterocycles. The first-order valence-electron chi connectivity index (χ1n) is 26.4. The average Bonchev–Trinajstić information content (AvgIpc) is 3.68. The minimum absolute atomic E-state index is 0.000421. The van der Waals surface area contributed by atoms with Gasteiger partial charge in [-0.3, -0.25) is 29.2 Å². The largest absolute Gasteiger partial charge is 0.508 e. The van der Waals surface area contributed by atoms with Crippen LogP contribution in [0.3, 0.4) is 0 Å². The van der Waals surface area contributed by atoms with Gasteiger partial charge in [-0.2, -0.15) is 0 Å². The van der Waals surface area contributed by atoms with Gasteiger partial charge in [-0.1, -0.05) is 70.2 Å². The Labute approximate surface area is 435 Å². The molecule has 6 heterocycles. The molecule has 6 atom stereocenters. The van der Waals surface area contributed by atoms with Gasteiger partial charge in [0, 0.05) is 87.6 Å². The van der Waals surface area contributed by atoms with Crippen LogP contribution in [0.4, 0.5) is 5.69 Å². The van der Waals surface area contributed by atoms with Crippen molar-refractivity contribution in [2.45, 2.75) is 110 Å². The Morgan fingerprint density at radius 1 is 0.986 bits per heavy atom. The molecule has 4 aliphatic heterocycles. The summed E-state index contributed by atoms with van der Waals surface area (Å²) in [5.41, 5.74) is 11.7. The summed E-state index contributed by atoms with van der Waals surface area (Å²) in [4.78, 5) is 69.2. The van der Waals surface area contributed by atoms with Crippen molar-refractivity contribution in [2.24, 2.45) is 11.3 Å². The number of rotatable bonds is 11. The predicted molar refractivity (Wildman–Crippen MR) is 285 cm³/mol. The number of aryl methyl sites for hydroxylation is 1. The van der Waals surface area contributed by atoms with Gasteiger partial charge in [0.2, 0.25) is 5.91 Å². The summed E-state index contributed by atoms with van der Waals surface area (Å²) >= 11 is 0. The summed E-state index contributed by atoms with van der Waals surface area (Å²) in [5, 5.41) is 17.0. The Kier molecular flexibility index (Phi) is 15.5. The lowest BCUT2D eigenvalue weighted by atomic mass is 9.84. The number of pyridine rings is 1. The minimum Gasteiger partial charge on any atom is -0.508 e.